The van der Waals surface area contributed by atoms with E-state index in [1.807, 2.05) is 6.07 Å². The first-order valence-corrected chi connectivity index (χ1v) is 10.4. The summed E-state index contributed by atoms with van der Waals surface area (Å²) >= 11 is 6.57. The molecule has 4 heterocycles. The highest BCUT2D eigenvalue weighted by Gasteiger charge is 2.37. The summed E-state index contributed by atoms with van der Waals surface area (Å²) in [5.74, 6) is -0.646. The van der Waals surface area contributed by atoms with Gasteiger partial charge in [-0.15, -0.1) is 0 Å². The van der Waals surface area contributed by atoms with Crippen LogP contribution in [0.1, 0.15) is 6.92 Å². The number of nitrogens with zero attached hydrogens (tertiary/aromatic N) is 4. The summed E-state index contributed by atoms with van der Waals surface area (Å²) in [5, 5.41) is 3.74. The molecule has 0 saturated heterocycles. The molecule has 1 aliphatic carbocycles. The highest BCUT2D eigenvalue weighted by Crippen LogP contribution is 2.37. The van der Waals surface area contributed by atoms with Crippen LogP contribution in [-0.4, -0.2) is 36.5 Å². The van der Waals surface area contributed by atoms with Gasteiger partial charge in [-0.1, -0.05) is 24.6 Å². The molecule has 0 aromatic carbocycles. The van der Waals surface area contributed by atoms with Gasteiger partial charge in [-0.05, 0) is 18.2 Å². The molecule has 8 nitrogen and oxygen atoms in total. The number of carbonyl (C=O) groups excluding carboxylic acids is 1. The molecule has 0 radical (unpaired) electrons. The van der Waals surface area contributed by atoms with Crippen LogP contribution in [0.15, 0.2) is 54.1 Å². The lowest BCUT2D eigenvalue weighted by Crippen LogP contribution is -2.26. The van der Waals surface area contributed by atoms with Crippen molar-refractivity contribution in [3.63, 3.8) is 0 Å². The molecule has 0 amide bonds. The van der Waals surface area contributed by atoms with Crippen molar-refractivity contribution in [1.82, 2.24) is 24.5 Å². The molecule has 2 N–H and O–H groups in total. The van der Waals surface area contributed by atoms with Gasteiger partial charge in [-0.2, -0.15) is 18.2 Å². The van der Waals surface area contributed by atoms with Gasteiger partial charge in [0.25, 0.3) is 0 Å². The van der Waals surface area contributed by atoms with E-state index in [9.17, 15) is 18.0 Å². The normalized spacial score (nSPS) is 16.6. The van der Waals surface area contributed by atoms with Crippen molar-refractivity contribution in [2.75, 3.05) is 5.32 Å². The van der Waals surface area contributed by atoms with Crippen LogP contribution in [0.5, 0.6) is 11.5 Å². The Kier molecular flexibility index (Phi) is 5.08. The molecule has 1 atom stereocenters. The fourth-order valence-electron chi connectivity index (χ4n) is 3.66. The van der Waals surface area contributed by atoms with E-state index in [4.69, 9.17) is 16.3 Å². The summed E-state index contributed by atoms with van der Waals surface area (Å²) in [7, 11) is 1.60. The zero-order valence-electron chi connectivity index (χ0n) is 17.7. The first kappa shape index (κ1) is 22.0. The molecular weight excluding hydrogens is 473 g/mol. The number of pyridine rings is 2. The number of carbonyl (C=O) groups is 1. The van der Waals surface area contributed by atoms with Crippen LogP contribution < -0.4 is 10.1 Å². The largest absolute Gasteiger partial charge is 0.452 e. The number of rotatable bonds is 4. The second kappa shape index (κ2) is 7.87. The van der Waals surface area contributed by atoms with E-state index in [0.29, 0.717) is 16.9 Å². The Bertz CT molecular complexity index is 1520. The second-order valence-corrected chi connectivity index (χ2v) is 8.13. The highest BCUT2D eigenvalue weighted by atomic mass is 35.5. The molecule has 34 heavy (non-hydrogen) atoms. The highest BCUT2D eigenvalue weighted by molar-refractivity contribution is 6.36. The van der Waals surface area contributed by atoms with Crippen molar-refractivity contribution >= 4 is 45.5 Å². The number of imidazole rings is 1. The number of H-pyrrole nitrogens is 1. The summed E-state index contributed by atoms with van der Waals surface area (Å²) in [6, 6.07) is 3.63. The topological polar surface area (TPSA) is 97.7 Å². The third-order valence-corrected chi connectivity index (χ3v) is 5.76. The van der Waals surface area contributed by atoms with E-state index in [-0.39, 0.29) is 28.1 Å². The number of allylic oxidation sites excluding steroid dienone is 4. The summed E-state index contributed by atoms with van der Waals surface area (Å²) in [5.41, 5.74) is 0.185. The molecule has 0 aliphatic heterocycles. The van der Waals surface area contributed by atoms with Gasteiger partial charge in [0.15, 0.2) is 17.2 Å². The quantitative estimate of drug-likeness (QED) is 0.405. The Morgan fingerprint density at radius 2 is 2.06 bits per heavy atom. The van der Waals surface area contributed by atoms with Crippen LogP contribution in [0.4, 0.5) is 19.1 Å². The number of anilines is 1. The number of ether oxygens (including phenoxy) is 1. The van der Waals surface area contributed by atoms with Gasteiger partial charge < -0.3 is 19.6 Å². The fraction of sp³-hybridized carbons (Fsp3) is 0.182. The van der Waals surface area contributed by atoms with Gasteiger partial charge in [0, 0.05) is 24.5 Å². The first-order chi connectivity index (χ1) is 16.1. The van der Waals surface area contributed by atoms with Gasteiger partial charge in [-0.3, -0.25) is 4.79 Å². The van der Waals surface area contributed by atoms with Crippen LogP contribution in [-0.2, 0) is 11.8 Å². The number of aromatic nitrogens is 5. The number of halogens is 4. The fourth-order valence-corrected chi connectivity index (χ4v) is 3.96. The van der Waals surface area contributed by atoms with E-state index in [2.05, 4.69) is 25.3 Å². The number of fused-ring (bicyclic) bond motifs is 2. The number of Topliss-reactive ketones (excluding diaryl/α,β-unsaturated/α-hetero) is 1. The number of hydrogen-bond acceptors (Lipinski definition) is 6. The predicted octanol–water partition coefficient (Wildman–Crippen LogP) is 5.29. The van der Waals surface area contributed by atoms with Gasteiger partial charge in [-0.25, -0.2) is 9.97 Å². The summed E-state index contributed by atoms with van der Waals surface area (Å²) in [6.45, 7) is 1.40. The van der Waals surface area contributed by atoms with Crippen molar-refractivity contribution in [3.8, 4) is 11.5 Å². The Morgan fingerprint density at radius 3 is 2.82 bits per heavy atom. The Balaban J connectivity index is 1.49. The maximum absolute atomic E-state index is 13.2. The zero-order valence-corrected chi connectivity index (χ0v) is 18.5. The number of nitrogens with one attached hydrogen (secondary N) is 2. The molecule has 0 spiro atoms. The average Bonchev–Trinajstić information content (AvgIpc) is 3.37. The molecule has 0 saturated carbocycles. The van der Waals surface area contributed by atoms with Crippen LogP contribution in [0.3, 0.4) is 0 Å². The van der Waals surface area contributed by atoms with Crippen LogP contribution in [0.25, 0.3) is 22.2 Å². The van der Waals surface area contributed by atoms with Crippen molar-refractivity contribution in [3.05, 3.63) is 59.2 Å². The maximum atomic E-state index is 13.2. The van der Waals surface area contributed by atoms with Gasteiger partial charge >= 0.3 is 6.18 Å². The van der Waals surface area contributed by atoms with Crippen molar-refractivity contribution < 1.29 is 22.7 Å². The molecule has 4 aromatic rings. The van der Waals surface area contributed by atoms with Crippen LogP contribution in [0.2, 0.25) is 5.02 Å². The third kappa shape index (κ3) is 3.77. The Morgan fingerprint density at radius 1 is 1.26 bits per heavy atom. The molecule has 5 rings (SSSR count). The maximum Gasteiger partial charge on any atom is 0.416 e. The first-order valence-electron chi connectivity index (χ1n) is 10.1. The van der Waals surface area contributed by atoms with Crippen molar-refractivity contribution in [2.45, 2.75) is 13.1 Å². The van der Waals surface area contributed by atoms with E-state index < -0.39 is 23.5 Å². The van der Waals surface area contributed by atoms with E-state index in [1.54, 1.807) is 19.3 Å². The van der Waals surface area contributed by atoms with Gasteiger partial charge in [0.1, 0.15) is 21.9 Å². The average molecular weight is 489 g/mol. The SMILES string of the molecule is CC1C=C(C(F)(F)F)C=C(Nc2nc3ncc(Oc4cnc5[nH]ccc5c4)c(Cl)c3n2C)C1=O. The number of alkyl halides is 3. The van der Waals surface area contributed by atoms with Crippen molar-refractivity contribution in [1.29, 1.82) is 0 Å². The molecule has 1 unspecified atom stereocenters. The second-order valence-electron chi connectivity index (χ2n) is 7.75. The summed E-state index contributed by atoms with van der Waals surface area (Å²) in [4.78, 5) is 28.3. The Hall–Kier alpha value is -3.86. The lowest BCUT2D eigenvalue weighted by molar-refractivity contribution is -0.118. The number of ketones is 1. The van der Waals surface area contributed by atoms with Crippen molar-refractivity contribution in [2.24, 2.45) is 13.0 Å². The molecule has 4 aromatic heterocycles. The molecular formula is C22H16ClF3N6O2. The van der Waals surface area contributed by atoms with Crippen LogP contribution >= 0.6 is 11.6 Å². The Labute approximate surface area is 195 Å². The van der Waals surface area contributed by atoms with Gasteiger partial charge in [0.2, 0.25) is 5.95 Å². The monoisotopic (exact) mass is 488 g/mol. The molecule has 174 valence electrons. The standard InChI is InChI=1S/C22H16ClF3N6O2/c1-10-5-12(22(24,25)26)7-14(18(10)33)30-21-31-20-17(32(21)2)16(23)15(9-29-20)34-13-6-11-3-4-27-19(11)28-8-13/h3-10H,1-2H3,(H,27,28)(H,29,30,31). The number of aromatic amines is 1. The number of aryl methyl sites for hydroxylation is 1. The predicted molar refractivity (Wildman–Crippen MR) is 120 cm³/mol. The zero-order chi connectivity index (χ0) is 24.2. The summed E-state index contributed by atoms with van der Waals surface area (Å²) in [6.07, 6.45) is 1.76. The van der Waals surface area contributed by atoms with Crippen LogP contribution in [0, 0.1) is 5.92 Å². The van der Waals surface area contributed by atoms with E-state index in [0.717, 1.165) is 17.5 Å². The van der Waals surface area contributed by atoms with E-state index >= 15 is 0 Å². The van der Waals surface area contributed by atoms with Gasteiger partial charge in [0.05, 0.1) is 23.7 Å². The smallest absolute Gasteiger partial charge is 0.416 e. The number of hydrogen-bond donors (Lipinski definition) is 2. The minimum atomic E-state index is -4.58. The minimum absolute atomic E-state index is 0.104. The lowest BCUT2D eigenvalue weighted by atomic mass is 9.93. The summed E-state index contributed by atoms with van der Waals surface area (Å²) < 4.78 is 47.0. The molecule has 12 heteroatoms. The minimum Gasteiger partial charge on any atom is -0.452 e. The third-order valence-electron chi connectivity index (χ3n) is 5.39. The lowest BCUT2D eigenvalue weighted by Gasteiger charge is -2.20. The molecule has 0 bridgehead atoms. The molecule has 1 aliphatic rings. The van der Waals surface area contributed by atoms with E-state index in [1.165, 1.54) is 23.9 Å². The molecule has 0 fully saturated rings.